The molecule has 0 fully saturated rings. The predicted molar refractivity (Wildman–Crippen MR) is 119 cm³/mol. The van der Waals surface area contributed by atoms with Crippen molar-refractivity contribution in [1.82, 2.24) is 20.5 Å². The van der Waals surface area contributed by atoms with Gasteiger partial charge in [-0.3, -0.25) is 4.99 Å². The number of benzene rings is 1. The van der Waals surface area contributed by atoms with Crippen molar-refractivity contribution >= 4 is 40.8 Å². The number of aromatic amines is 1. The van der Waals surface area contributed by atoms with Crippen molar-refractivity contribution in [3.63, 3.8) is 0 Å². The van der Waals surface area contributed by atoms with Gasteiger partial charge in [0.15, 0.2) is 5.96 Å². The van der Waals surface area contributed by atoms with Crippen LogP contribution in [0.25, 0.3) is 10.9 Å². The van der Waals surface area contributed by atoms with E-state index in [0.717, 1.165) is 32.0 Å². The summed E-state index contributed by atoms with van der Waals surface area (Å²) in [6.45, 7) is 7.30. The van der Waals surface area contributed by atoms with Crippen LogP contribution in [-0.2, 0) is 6.42 Å². The first-order valence-corrected chi connectivity index (χ1v) is 8.55. The average molecular weight is 457 g/mol. The fourth-order valence-corrected chi connectivity index (χ4v) is 3.11. The van der Waals surface area contributed by atoms with Crippen LogP contribution in [0.5, 0.6) is 0 Å². The lowest BCUT2D eigenvalue weighted by molar-refractivity contribution is 0.241. The molecule has 1 aromatic heterocycles. The number of nitrogens with zero attached hydrogens (tertiary/aromatic N) is 2. The molecule has 0 atom stereocenters. The van der Waals surface area contributed by atoms with Crippen LogP contribution in [0.4, 0.5) is 0 Å². The molecule has 1 aromatic carbocycles. The van der Waals surface area contributed by atoms with Gasteiger partial charge in [0.25, 0.3) is 0 Å². The molecular weight excluding hydrogens is 425 g/mol. The Labute approximate surface area is 168 Å². The average Bonchev–Trinajstić information content (AvgIpc) is 2.93. The normalized spacial score (nSPS) is 12.3. The summed E-state index contributed by atoms with van der Waals surface area (Å²) in [6.07, 6.45) is 3.06. The van der Waals surface area contributed by atoms with E-state index in [4.69, 9.17) is 0 Å². The minimum atomic E-state index is 0. The van der Waals surface area contributed by atoms with Crippen molar-refractivity contribution < 1.29 is 0 Å². The number of hydrogen-bond acceptors (Lipinski definition) is 2. The van der Waals surface area contributed by atoms with Gasteiger partial charge in [0.2, 0.25) is 0 Å². The molecule has 0 amide bonds. The predicted octanol–water partition coefficient (Wildman–Crippen LogP) is 3.08. The van der Waals surface area contributed by atoms with Gasteiger partial charge in [-0.05, 0) is 37.6 Å². The van der Waals surface area contributed by atoms with E-state index in [0.29, 0.717) is 0 Å². The van der Waals surface area contributed by atoms with Gasteiger partial charge >= 0.3 is 0 Å². The van der Waals surface area contributed by atoms with E-state index < -0.39 is 0 Å². The highest BCUT2D eigenvalue weighted by Gasteiger charge is 2.19. The second kappa shape index (κ2) is 10.0. The molecule has 0 saturated carbocycles. The minimum Gasteiger partial charge on any atom is -0.361 e. The maximum atomic E-state index is 4.32. The van der Waals surface area contributed by atoms with Crippen molar-refractivity contribution in [3.05, 3.63) is 36.0 Å². The summed E-state index contributed by atoms with van der Waals surface area (Å²) >= 11 is 0. The summed E-state index contributed by atoms with van der Waals surface area (Å²) in [4.78, 5) is 9.87. The van der Waals surface area contributed by atoms with Crippen molar-refractivity contribution in [1.29, 1.82) is 0 Å². The summed E-state index contributed by atoms with van der Waals surface area (Å²) in [7, 11) is 6.03. The number of rotatable bonds is 7. The molecule has 0 bridgehead atoms. The SMILES string of the molecule is CN=C(NCCc1c[nH]c2ccccc12)NCC(C)(C)CN(C)C.I. The third kappa shape index (κ3) is 6.86. The molecule has 0 aliphatic carbocycles. The fourth-order valence-electron chi connectivity index (χ4n) is 3.11. The number of para-hydroxylation sites is 1. The van der Waals surface area contributed by atoms with Gasteiger partial charge in [-0.25, -0.2) is 0 Å². The second-order valence-electron chi connectivity index (χ2n) is 7.36. The molecule has 2 aromatic rings. The highest BCUT2D eigenvalue weighted by atomic mass is 127. The number of aromatic nitrogens is 1. The largest absolute Gasteiger partial charge is 0.361 e. The molecule has 0 spiro atoms. The minimum absolute atomic E-state index is 0. The standard InChI is InChI=1S/C19H31N5.HI/c1-19(2,14-24(4)5)13-23-18(20-3)21-11-10-15-12-22-17-9-7-6-8-16(15)17;/h6-9,12,22H,10-11,13-14H2,1-5H3,(H2,20,21,23);1H. The number of nitrogens with one attached hydrogen (secondary N) is 3. The van der Waals surface area contributed by atoms with Crippen molar-refractivity contribution in [2.45, 2.75) is 20.3 Å². The molecule has 140 valence electrons. The molecular formula is C19H32IN5. The van der Waals surface area contributed by atoms with Crippen LogP contribution in [0.1, 0.15) is 19.4 Å². The van der Waals surface area contributed by atoms with E-state index in [9.17, 15) is 0 Å². The summed E-state index contributed by atoms with van der Waals surface area (Å²) in [6, 6.07) is 8.42. The number of aliphatic imine (C=N–C) groups is 1. The summed E-state index contributed by atoms with van der Waals surface area (Å²) in [5.41, 5.74) is 2.72. The number of halogens is 1. The number of H-pyrrole nitrogens is 1. The lowest BCUT2D eigenvalue weighted by Crippen LogP contribution is -2.45. The van der Waals surface area contributed by atoms with Crippen LogP contribution >= 0.6 is 24.0 Å². The fraction of sp³-hybridized carbons (Fsp3) is 0.526. The third-order valence-electron chi connectivity index (χ3n) is 4.06. The molecule has 0 radical (unpaired) electrons. The zero-order chi connectivity index (χ0) is 17.6. The Morgan fingerprint density at radius 1 is 1.20 bits per heavy atom. The van der Waals surface area contributed by atoms with Gasteiger partial charge in [0.05, 0.1) is 0 Å². The van der Waals surface area contributed by atoms with Gasteiger partial charge < -0.3 is 20.5 Å². The third-order valence-corrected chi connectivity index (χ3v) is 4.06. The number of fused-ring (bicyclic) bond motifs is 1. The van der Waals surface area contributed by atoms with Gasteiger partial charge in [0.1, 0.15) is 0 Å². The molecule has 0 saturated heterocycles. The van der Waals surface area contributed by atoms with E-state index in [2.05, 4.69) is 83.9 Å². The van der Waals surface area contributed by atoms with E-state index in [1.165, 1.54) is 16.5 Å². The lowest BCUT2D eigenvalue weighted by atomic mass is 9.93. The molecule has 2 rings (SSSR count). The maximum absolute atomic E-state index is 4.32. The molecule has 0 unspecified atom stereocenters. The zero-order valence-electron chi connectivity index (χ0n) is 16.0. The smallest absolute Gasteiger partial charge is 0.191 e. The monoisotopic (exact) mass is 457 g/mol. The Morgan fingerprint density at radius 3 is 2.60 bits per heavy atom. The highest BCUT2D eigenvalue weighted by molar-refractivity contribution is 14.0. The van der Waals surface area contributed by atoms with Gasteiger partial charge in [-0.15, -0.1) is 24.0 Å². The van der Waals surface area contributed by atoms with Gasteiger partial charge in [-0.1, -0.05) is 32.0 Å². The van der Waals surface area contributed by atoms with E-state index in [1.807, 2.05) is 7.05 Å². The van der Waals surface area contributed by atoms with Crippen LogP contribution < -0.4 is 10.6 Å². The summed E-state index contributed by atoms with van der Waals surface area (Å²) in [5.74, 6) is 0.863. The quantitative estimate of drug-likeness (QED) is 0.340. The first-order valence-electron chi connectivity index (χ1n) is 8.55. The molecule has 25 heavy (non-hydrogen) atoms. The summed E-state index contributed by atoms with van der Waals surface area (Å²) < 4.78 is 0. The van der Waals surface area contributed by atoms with Crippen LogP contribution in [-0.4, -0.2) is 56.6 Å². The van der Waals surface area contributed by atoms with Gasteiger partial charge in [0, 0.05) is 43.8 Å². The van der Waals surface area contributed by atoms with Crippen molar-refractivity contribution in [2.24, 2.45) is 10.4 Å². The maximum Gasteiger partial charge on any atom is 0.191 e. The zero-order valence-corrected chi connectivity index (χ0v) is 18.3. The first kappa shape index (κ1) is 21.8. The van der Waals surface area contributed by atoms with Gasteiger partial charge in [-0.2, -0.15) is 0 Å². The molecule has 6 heteroatoms. The molecule has 0 aliphatic heterocycles. The first-order chi connectivity index (χ1) is 11.4. The second-order valence-corrected chi connectivity index (χ2v) is 7.36. The van der Waals surface area contributed by atoms with E-state index >= 15 is 0 Å². The number of hydrogen-bond donors (Lipinski definition) is 3. The van der Waals surface area contributed by atoms with E-state index in [1.54, 1.807) is 0 Å². The Bertz CT molecular complexity index is 675. The van der Waals surface area contributed by atoms with Crippen molar-refractivity contribution in [2.75, 3.05) is 40.8 Å². The lowest BCUT2D eigenvalue weighted by Gasteiger charge is -2.29. The Hall–Kier alpha value is -1.28. The van der Waals surface area contributed by atoms with Crippen LogP contribution in [0.15, 0.2) is 35.5 Å². The highest BCUT2D eigenvalue weighted by Crippen LogP contribution is 2.17. The molecule has 5 nitrogen and oxygen atoms in total. The van der Waals surface area contributed by atoms with E-state index in [-0.39, 0.29) is 29.4 Å². The van der Waals surface area contributed by atoms with Crippen molar-refractivity contribution in [3.8, 4) is 0 Å². The Balaban J connectivity index is 0.00000312. The Morgan fingerprint density at radius 2 is 1.92 bits per heavy atom. The van der Waals surface area contributed by atoms with Crippen LogP contribution in [0.3, 0.4) is 0 Å². The Kier molecular flexibility index (Phi) is 8.71. The van der Waals surface area contributed by atoms with Crippen LogP contribution in [0.2, 0.25) is 0 Å². The molecule has 0 aliphatic rings. The molecule has 3 N–H and O–H groups in total. The number of guanidine groups is 1. The molecule has 1 heterocycles. The topological polar surface area (TPSA) is 55.5 Å². The van der Waals surface area contributed by atoms with Crippen LogP contribution in [0, 0.1) is 5.41 Å². The summed E-state index contributed by atoms with van der Waals surface area (Å²) in [5, 5.41) is 8.15.